The number of aromatic nitrogens is 2. The number of hydrogen-bond acceptors (Lipinski definition) is 3. The number of rotatable bonds is 3. The fraction of sp³-hybridized carbons (Fsp3) is 0.250. The fourth-order valence-electron chi connectivity index (χ4n) is 3.77. The zero-order valence-corrected chi connectivity index (χ0v) is 16.5. The quantitative estimate of drug-likeness (QED) is 0.590. The Labute approximate surface area is 174 Å². The molecule has 0 aliphatic carbocycles. The highest BCUT2D eigenvalue weighted by Crippen LogP contribution is 2.28. The molecule has 152 valence electrons. The van der Waals surface area contributed by atoms with Gasteiger partial charge in [-0.05, 0) is 48.6 Å². The third kappa shape index (κ3) is 4.64. The van der Waals surface area contributed by atoms with Gasteiger partial charge in [0.1, 0.15) is 0 Å². The van der Waals surface area contributed by atoms with Crippen LogP contribution in [0.5, 0.6) is 5.88 Å². The van der Waals surface area contributed by atoms with Gasteiger partial charge in [-0.2, -0.15) is 0 Å². The molecule has 3 N–H and O–H groups in total. The summed E-state index contributed by atoms with van der Waals surface area (Å²) in [5.41, 5.74) is 2.97. The van der Waals surface area contributed by atoms with E-state index in [1.807, 2.05) is 42.5 Å². The summed E-state index contributed by atoms with van der Waals surface area (Å²) in [6.45, 7) is 1.32. The Kier molecular flexibility index (Phi) is 5.71. The van der Waals surface area contributed by atoms with E-state index >= 15 is 0 Å². The van der Waals surface area contributed by atoms with Crippen LogP contribution >= 0.6 is 0 Å². The van der Waals surface area contributed by atoms with Gasteiger partial charge in [-0.1, -0.05) is 42.2 Å². The van der Waals surface area contributed by atoms with Crippen LogP contribution < -0.4 is 5.69 Å². The molecule has 1 fully saturated rings. The Balaban J connectivity index is 1.33. The Morgan fingerprint density at radius 3 is 2.20 bits per heavy atom. The molecule has 0 radical (unpaired) electrons. The molecule has 0 unspecified atom stereocenters. The zero-order valence-electron chi connectivity index (χ0n) is 16.5. The highest BCUT2D eigenvalue weighted by Gasteiger charge is 2.24. The second-order valence-electron chi connectivity index (χ2n) is 7.48. The molecule has 3 aromatic rings. The van der Waals surface area contributed by atoms with Crippen LogP contribution in [0, 0.1) is 11.8 Å². The van der Waals surface area contributed by atoms with Gasteiger partial charge in [0, 0.05) is 24.2 Å². The van der Waals surface area contributed by atoms with Gasteiger partial charge in [0.25, 0.3) is 0 Å². The van der Waals surface area contributed by atoms with E-state index in [0.717, 1.165) is 24.0 Å². The van der Waals surface area contributed by atoms with Crippen molar-refractivity contribution >= 4 is 5.91 Å². The molecule has 0 atom stereocenters. The Morgan fingerprint density at radius 1 is 0.967 bits per heavy atom. The van der Waals surface area contributed by atoms with Gasteiger partial charge in [-0.25, -0.2) is 4.79 Å². The standard InChI is InChI=1S/C24H23N3O3/c28-22(16-21-23(29)26-24(30)25-21)27-14-12-20(13-15-27)19-10-8-18(9-11-19)7-6-17-4-2-1-3-5-17/h1-5,8-11,20,29H,12-16H2,(H2,25,26,30). The Morgan fingerprint density at radius 2 is 1.60 bits per heavy atom. The second-order valence-corrected chi connectivity index (χ2v) is 7.48. The van der Waals surface area contributed by atoms with E-state index in [0.29, 0.717) is 19.0 Å². The largest absolute Gasteiger partial charge is 0.493 e. The summed E-state index contributed by atoms with van der Waals surface area (Å²) in [5, 5.41) is 9.63. The minimum atomic E-state index is -0.508. The van der Waals surface area contributed by atoms with Crippen molar-refractivity contribution in [1.82, 2.24) is 14.9 Å². The van der Waals surface area contributed by atoms with Crippen molar-refractivity contribution in [1.29, 1.82) is 0 Å². The van der Waals surface area contributed by atoms with Gasteiger partial charge in [0.05, 0.1) is 12.1 Å². The van der Waals surface area contributed by atoms with Crippen molar-refractivity contribution in [2.45, 2.75) is 25.2 Å². The van der Waals surface area contributed by atoms with Gasteiger partial charge in [-0.3, -0.25) is 9.78 Å². The number of carbonyl (C=O) groups excluding carboxylic acids is 1. The van der Waals surface area contributed by atoms with Crippen LogP contribution in [-0.4, -0.2) is 39.0 Å². The predicted octanol–water partition coefficient (Wildman–Crippen LogP) is 2.76. The van der Waals surface area contributed by atoms with Gasteiger partial charge < -0.3 is 15.0 Å². The number of piperidine rings is 1. The molecule has 0 bridgehead atoms. The smallest absolute Gasteiger partial charge is 0.325 e. The first kappa shape index (κ1) is 19.6. The van der Waals surface area contributed by atoms with Crippen LogP contribution in [0.3, 0.4) is 0 Å². The summed E-state index contributed by atoms with van der Waals surface area (Å²) < 4.78 is 0. The fourth-order valence-corrected chi connectivity index (χ4v) is 3.77. The molecule has 2 aromatic carbocycles. The molecule has 1 aliphatic heterocycles. The second kappa shape index (κ2) is 8.75. The molecule has 4 rings (SSSR count). The molecule has 1 aliphatic rings. The number of nitrogens with zero attached hydrogens (tertiary/aromatic N) is 1. The van der Waals surface area contributed by atoms with Crippen molar-refractivity contribution in [3.8, 4) is 17.7 Å². The number of nitrogens with one attached hydrogen (secondary N) is 2. The summed E-state index contributed by atoms with van der Waals surface area (Å²) in [6, 6.07) is 18.3. The van der Waals surface area contributed by atoms with E-state index in [2.05, 4.69) is 33.9 Å². The average Bonchev–Trinajstić information content (AvgIpc) is 3.10. The number of benzene rings is 2. The molecule has 6 nitrogen and oxygen atoms in total. The first-order chi connectivity index (χ1) is 14.6. The molecular weight excluding hydrogens is 378 g/mol. The first-order valence-corrected chi connectivity index (χ1v) is 10.0. The monoisotopic (exact) mass is 401 g/mol. The van der Waals surface area contributed by atoms with Crippen LogP contribution in [0.2, 0.25) is 0 Å². The van der Waals surface area contributed by atoms with Crippen molar-refractivity contribution in [2.24, 2.45) is 0 Å². The minimum absolute atomic E-state index is 0.00990. The lowest BCUT2D eigenvalue weighted by Crippen LogP contribution is -2.38. The number of carbonyl (C=O) groups is 1. The molecule has 1 aromatic heterocycles. The number of hydrogen-bond donors (Lipinski definition) is 3. The van der Waals surface area contributed by atoms with Crippen LogP contribution in [0.15, 0.2) is 59.4 Å². The maximum atomic E-state index is 12.5. The highest BCUT2D eigenvalue weighted by atomic mass is 16.3. The van der Waals surface area contributed by atoms with Crippen LogP contribution in [0.4, 0.5) is 0 Å². The summed E-state index contributed by atoms with van der Waals surface area (Å²) in [7, 11) is 0. The van der Waals surface area contributed by atoms with Gasteiger partial charge in [0.2, 0.25) is 11.8 Å². The van der Waals surface area contributed by atoms with Crippen LogP contribution in [0.25, 0.3) is 0 Å². The minimum Gasteiger partial charge on any atom is -0.493 e. The lowest BCUT2D eigenvalue weighted by atomic mass is 9.89. The van der Waals surface area contributed by atoms with Crippen molar-refractivity contribution in [3.63, 3.8) is 0 Å². The van der Waals surface area contributed by atoms with Gasteiger partial charge in [0.15, 0.2) is 0 Å². The summed E-state index contributed by atoms with van der Waals surface area (Å²) in [5.74, 6) is 6.41. The first-order valence-electron chi connectivity index (χ1n) is 10.0. The predicted molar refractivity (Wildman–Crippen MR) is 114 cm³/mol. The molecule has 1 amide bonds. The topological polar surface area (TPSA) is 89.2 Å². The summed E-state index contributed by atoms with van der Waals surface area (Å²) >= 11 is 0. The number of amides is 1. The van der Waals surface area contributed by atoms with Gasteiger partial charge in [-0.15, -0.1) is 0 Å². The van der Waals surface area contributed by atoms with E-state index in [4.69, 9.17) is 0 Å². The number of aromatic amines is 2. The SMILES string of the molecule is O=C(Cc1[nH]c(=O)[nH]c1O)N1CCC(c2ccc(C#Cc3ccccc3)cc2)CC1. The number of likely N-dealkylation sites (tertiary alicyclic amines) is 1. The lowest BCUT2D eigenvalue weighted by Gasteiger charge is -2.32. The van der Waals surface area contributed by atoms with Crippen molar-refractivity contribution in [3.05, 3.63) is 87.5 Å². The molecule has 2 heterocycles. The molecule has 0 saturated carbocycles. The number of H-pyrrole nitrogens is 2. The van der Waals surface area contributed by atoms with Crippen molar-refractivity contribution < 1.29 is 9.90 Å². The number of aromatic hydroxyl groups is 1. The third-order valence-corrected chi connectivity index (χ3v) is 5.46. The molecule has 1 saturated heterocycles. The molecule has 6 heteroatoms. The lowest BCUT2D eigenvalue weighted by molar-refractivity contribution is -0.131. The van der Waals surface area contributed by atoms with E-state index in [9.17, 15) is 14.7 Å². The van der Waals surface area contributed by atoms with E-state index < -0.39 is 5.69 Å². The van der Waals surface area contributed by atoms with Gasteiger partial charge >= 0.3 is 5.69 Å². The van der Waals surface area contributed by atoms with Crippen LogP contribution in [-0.2, 0) is 11.2 Å². The summed E-state index contributed by atoms with van der Waals surface area (Å²) in [4.78, 5) is 30.2. The van der Waals surface area contributed by atoms with E-state index in [-0.39, 0.29) is 23.9 Å². The Bertz CT molecular complexity index is 1130. The average molecular weight is 401 g/mol. The molecule has 30 heavy (non-hydrogen) atoms. The zero-order chi connectivity index (χ0) is 20.9. The molecular formula is C24H23N3O3. The summed E-state index contributed by atoms with van der Waals surface area (Å²) in [6.07, 6.45) is 1.76. The maximum absolute atomic E-state index is 12.5. The highest BCUT2D eigenvalue weighted by molar-refractivity contribution is 5.78. The van der Waals surface area contributed by atoms with Crippen LogP contribution in [0.1, 0.15) is 41.1 Å². The van der Waals surface area contributed by atoms with Crippen molar-refractivity contribution in [2.75, 3.05) is 13.1 Å². The number of imidazole rings is 1. The van der Waals surface area contributed by atoms with E-state index in [1.54, 1.807) is 4.90 Å². The molecule has 0 spiro atoms. The maximum Gasteiger partial charge on any atom is 0.325 e. The third-order valence-electron chi connectivity index (χ3n) is 5.46. The normalized spacial score (nSPS) is 14.2. The van der Waals surface area contributed by atoms with E-state index in [1.165, 1.54) is 5.56 Å². The Hall–Kier alpha value is -3.72.